The van der Waals surface area contributed by atoms with E-state index in [0.29, 0.717) is 6.42 Å². The summed E-state index contributed by atoms with van der Waals surface area (Å²) in [5.41, 5.74) is 2.92. The van der Waals surface area contributed by atoms with Crippen molar-refractivity contribution in [3.63, 3.8) is 0 Å². The smallest absolute Gasteiger partial charge is 0.306 e. The van der Waals surface area contributed by atoms with E-state index in [2.05, 4.69) is 10.6 Å². The predicted molar refractivity (Wildman–Crippen MR) is 114 cm³/mol. The van der Waals surface area contributed by atoms with Gasteiger partial charge in [0.1, 0.15) is 0 Å². The molecule has 1 aromatic rings. The fourth-order valence-corrected chi connectivity index (χ4v) is 6.32. The Morgan fingerprint density at radius 1 is 1.00 bits per heavy atom. The number of hydrogen-bond acceptors (Lipinski definition) is 4. The summed E-state index contributed by atoms with van der Waals surface area (Å²) in [5.74, 6) is 1.29. The molecule has 4 saturated carbocycles. The molecule has 4 fully saturated rings. The van der Waals surface area contributed by atoms with Gasteiger partial charge in [0.15, 0.2) is 6.61 Å². The fraction of sp³-hybridized carbons (Fsp3) is 0.625. The van der Waals surface area contributed by atoms with Crippen LogP contribution >= 0.6 is 0 Å². The molecule has 0 saturated heterocycles. The molecule has 0 aliphatic heterocycles. The van der Waals surface area contributed by atoms with Crippen LogP contribution in [0.15, 0.2) is 18.2 Å². The summed E-state index contributed by atoms with van der Waals surface area (Å²) in [6.45, 7) is 3.43. The molecule has 0 spiro atoms. The molecule has 4 aliphatic carbocycles. The van der Waals surface area contributed by atoms with Gasteiger partial charge in [0.2, 0.25) is 5.91 Å². The molecule has 6 nitrogen and oxygen atoms in total. The number of nitrogens with one attached hydrogen (secondary N) is 2. The predicted octanol–water partition coefficient (Wildman–Crippen LogP) is 3.51. The second kappa shape index (κ2) is 8.40. The highest BCUT2D eigenvalue weighted by molar-refractivity contribution is 5.95. The summed E-state index contributed by atoms with van der Waals surface area (Å²) in [4.78, 5) is 36.5. The molecule has 2 amide bonds. The summed E-state index contributed by atoms with van der Waals surface area (Å²) in [5, 5.41) is 5.32. The van der Waals surface area contributed by atoms with E-state index in [-0.39, 0.29) is 30.4 Å². The van der Waals surface area contributed by atoms with Crippen molar-refractivity contribution in [1.29, 1.82) is 0 Å². The van der Waals surface area contributed by atoms with Crippen LogP contribution in [0.5, 0.6) is 0 Å². The van der Waals surface area contributed by atoms with Crippen molar-refractivity contribution < 1.29 is 19.1 Å². The Hall–Kier alpha value is -2.37. The molecule has 0 atom stereocenters. The van der Waals surface area contributed by atoms with Crippen molar-refractivity contribution in [2.75, 3.05) is 18.5 Å². The third-order valence-corrected chi connectivity index (χ3v) is 7.37. The Kier molecular flexibility index (Phi) is 5.85. The highest BCUT2D eigenvalue weighted by Gasteiger charge is 2.51. The highest BCUT2D eigenvalue weighted by atomic mass is 16.5. The zero-order chi connectivity index (χ0) is 21.3. The van der Waals surface area contributed by atoms with Gasteiger partial charge in [-0.25, -0.2) is 0 Å². The molecule has 4 aliphatic rings. The van der Waals surface area contributed by atoms with E-state index in [1.54, 1.807) is 0 Å². The first-order chi connectivity index (χ1) is 14.3. The minimum absolute atomic E-state index is 0.105. The highest BCUT2D eigenvalue weighted by Crippen LogP contribution is 2.61. The van der Waals surface area contributed by atoms with Crippen LogP contribution in [-0.4, -0.2) is 30.9 Å². The van der Waals surface area contributed by atoms with Crippen molar-refractivity contribution in [1.82, 2.24) is 5.32 Å². The number of amides is 2. The number of aryl methyl sites for hydroxylation is 1. The van der Waals surface area contributed by atoms with Crippen molar-refractivity contribution in [3.05, 3.63) is 29.3 Å². The Balaban J connectivity index is 1.18. The lowest BCUT2D eigenvalue weighted by Gasteiger charge is -2.56. The Morgan fingerprint density at radius 3 is 2.27 bits per heavy atom. The maximum absolute atomic E-state index is 12.4. The van der Waals surface area contributed by atoms with E-state index < -0.39 is 5.91 Å². The van der Waals surface area contributed by atoms with Crippen LogP contribution in [0.3, 0.4) is 0 Å². The first-order valence-electron chi connectivity index (χ1n) is 11.1. The summed E-state index contributed by atoms with van der Waals surface area (Å²) in [7, 11) is 0. The van der Waals surface area contributed by atoms with Crippen molar-refractivity contribution in [2.45, 2.75) is 58.8 Å². The van der Waals surface area contributed by atoms with Gasteiger partial charge in [-0.1, -0.05) is 12.1 Å². The monoisotopic (exact) mass is 412 g/mol. The second-order valence-electron chi connectivity index (χ2n) is 9.83. The van der Waals surface area contributed by atoms with E-state index >= 15 is 0 Å². The molecule has 162 valence electrons. The van der Waals surface area contributed by atoms with Gasteiger partial charge in [-0.3, -0.25) is 14.4 Å². The molecular weight excluding hydrogens is 380 g/mol. The maximum Gasteiger partial charge on any atom is 0.306 e. The number of rotatable bonds is 7. The molecule has 4 bridgehead atoms. The van der Waals surface area contributed by atoms with Crippen LogP contribution < -0.4 is 10.6 Å². The first kappa shape index (κ1) is 20.9. The lowest BCUT2D eigenvalue weighted by atomic mass is 9.49. The van der Waals surface area contributed by atoms with Crippen LogP contribution in [-0.2, 0) is 19.1 Å². The average Bonchev–Trinajstić information content (AvgIpc) is 2.67. The van der Waals surface area contributed by atoms with Gasteiger partial charge < -0.3 is 15.4 Å². The average molecular weight is 413 g/mol. The van der Waals surface area contributed by atoms with Gasteiger partial charge in [0.25, 0.3) is 5.91 Å². The lowest BCUT2D eigenvalue weighted by Crippen LogP contribution is -2.47. The fourth-order valence-electron chi connectivity index (χ4n) is 6.32. The molecule has 1 aromatic carbocycles. The number of hydrogen-bond donors (Lipinski definition) is 2. The number of carbonyl (C=O) groups excluding carboxylic acids is 3. The van der Waals surface area contributed by atoms with E-state index in [1.165, 1.54) is 19.3 Å². The molecule has 30 heavy (non-hydrogen) atoms. The molecular formula is C24H32N2O4. The van der Waals surface area contributed by atoms with Crippen molar-refractivity contribution in [2.24, 2.45) is 23.2 Å². The number of anilines is 1. The molecule has 0 heterocycles. The summed E-state index contributed by atoms with van der Waals surface area (Å²) < 4.78 is 5.25. The van der Waals surface area contributed by atoms with E-state index in [9.17, 15) is 14.4 Å². The zero-order valence-electron chi connectivity index (χ0n) is 18.0. The quantitative estimate of drug-likeness (QED) is 0.671. The van der Waals surface area contributed by atoms with E-state index in [4.69, 9.17) is 4.74 Å². The van der Waals surface area contributed by atoms with Crippen molar-refractivity contribution >= 4 is 23.5 Å². The van der Waals surface area contributed by atoms with Gasteiger partial charge in [-0.15, -0.1) is 0 Å². The van der Waals surface area contributed by atoms with Crippen LogP contribution in [0, 0.1) is 37.0 Å². The Morgan fingerprint density at radius 2 is 1.63 bits per heavy atom. The third kappa shape index (κ3) is 4.68. The number of carbonyl (C=O) groups is 3. The van der Waals surface area contributed by atoms with Gasteiger partial charge >= 0.3 is 5.97 Å². The minimum atomic E-state index is -0.454. The SMILES string of the molecule is Cc1cccc(NC(=O)CNC(=O)COC(=O)CC23CC4CC(CC(C4)C2)C3)c1C. The summed E-state index contributed by atoms with van der Waals surface area (Å²) in [6, 6.07) is 5.68. The molecule has 0 radical (unpaired) electrons. The van der Waals surface area contributed by atoms with E-state index in [0.717, 1.165) is 53.8 Å². The van der Waals surface area contributed by atoms with Crippen LogP contribution in [0.4, 0.5) is 5.69 Å². The lowest BCUT2D eigenvalue weighted by molar-refractivity contribution is -0.155. The number of benzene rings is 1. The third-order valence-electron chi connectivity index (χ3n) is 7.37. The summed E-state index contributed by atoms with van der Waals surface area (Å²) in [6.07, 6.45) is 7.84. The normalized spacial score (nSPS) is 28.8. The second-order valence-corrected chi connectivity index (χ2v) is 9.83. The van der Waals surface area contributed by atoms with Crippen LogP contribution in [0.25, 0.3) is 0 Å². The molecule has 5 rings (SSSR count). The molecule has 0 aromatic heterocycles. The van der Waals surface area contributed by atoms with Gasteiger partial charge in [-0.05, 0) is 92.7 Å². The van der Waals surface area contributed by atoms with Crippen molar-refractivity contribution in [3.8, 4) is 0 Å². The number of esters is 1. The van der Waals surface area contributed by atoms with E-state index in [1.807, 2.05) is 32.0 Å². The topological polar surface area (TPSA) is 84.5 Å². The minimum Gasteiger partial charge on any atom is -0.456 e. The number of ether oxygens (including phenoxy) is 1. The largest absolute Gasteiger partial charge is 0.456 e. The zero-order valence-corrected chi connectivity index (χ0v) is 18.0. The maximum atomic E-state index is 12.4. The standard InChI is InChI=1S/C24H32N2O4/c1-15-4-3-5-20(16(15)2)26-21(27)13-25-22(28)14-30-23(29)12-24-9-17-6-18(10-24)8-19(7-17)11-24/h3-5,17-19H,6-14H2,1-2H3,(H,25,28)(H,26,27). The summed E-state index contributed by atoms with van der Waals surface area (Å²) >= 11 is 0. The molecule has 6 heteroatoms. The first-order valence-corrected chi connectivity index (χ1v) is 11.1. The van der Waals surface area contributed by atoms with Gasteiger partial charge in [-0.2, -0.15) is 0 Å². The van der Waals surface area contributed by atoms with Gasteiger partial charge in [0, 0.05) is 5.69 Å². The Bertz CT molecular complexity index is 812. The Labute approximate surface area is 178 Å². The molecule has 2 N–H and O–H groups in total. The van der Waals surface area contributed by atoms with Gasteiger partial charge in [0.05, 0.1) is 13.0 Å². The molecule has 0 unspecified atom stereocenters. The van der Waals surface area contributed by atoms with Crippen LogP contribution in [0.1, 0.15) is 56.1 Å². The van der Waals surface area contributed by atoms with Crippen LogP contribution in [0.2, 0.25) is 0 Å².